The first-order chi connectivity index (χ1) is 7.89. The third-order valence-corrected chi connectivity index (χ3v) is 3.95. The van der Waals surface area contributed by atoms with Crippen LogP contribution < -0.4 is 5.32 Å². The first kappa shape index (κ1) is 10.00. The van der Waals surface area contributed by atoms with Crippen molar-refractivity contribution in [3.8, 4) is 0 Å². The van der Waals surface area contributed by atoms with E-state index in [2.05, 4.69) is 46.0 Å². The second-order valence-corrected chi connectivity index (χ2v) is 5.13. The highest BCUT2D eigenvalue weighted by Crippen LogP contribution is 2.32. The first-order valence-electron chi connectivity index (χ1n) is 5.52. The molecule has 16 heavy (non-hydrogen) atoms. The van der Waals surface area contributed by atoms with Crippen LogP contribution in [0.2, 0.25) is 0 Å². The van der Waals surface area contributed by atoms with Gasteiger partial charge in [-0.2, -0.15) is 0 Å². The average Bonchev–Trinajstić information content (AvgIpc) is 2.77. The van der Waals surface area contributed by atoms with Gasteiger partial charge in [-0.05, 0) is 5.56 Å². The Morgan fingerprint density at radius 2 is 2.06 bits per heavy atom. The highest BCUT2D eigenvalue weighted by molar-refractivity contribution is 7.07. The number of benzene rings is 1. The summed E-state index contributed by atoms with van der Waals surface area (Å²) in [5, 5.41) is 5.54. The molecule has 3 rings (SSSR count). The van der Waals surface area contributed by atoms with E-state index in [1.807, 2.05) is 5.51 Å². The smallest absolute Gasteiger partial charge is 0.0794 e. The molecule has 1 aliphatic rings. The lowest BCUT2D eigenvalue weighted by molar-refractivity contribution is 0.273. The highest BCUT2D eigenvalue weighted by atomic mass is 32.1. The Kier molecular flexibility index (Phi) is 2.50. The summed E-state index contributed by atoms with van der Waals surface area (Å²) in [6.45, 7) is 2.13. The molecule has 1 aromatic heterocycles. The molecule has 0 bridgehead atoms. The van der Waals surface area contributed by atoms with E-state index in [0.29, 0.717) is 0 Å². The van der Waals surface area contributed by atoms with Gasteiger partial charge in [0.05, 0.1) is 11.2 Å². The zero-order valence-electron chi connectivity index (χ0n) is 9.02. The van der Waals surface area contributed by atoms with Gasteiger partial charge in [0.2, 0.25) is 0 Å². The van der Waals surface area contributed by atoms with Crippen LogP contribution >= 0.6 is 11.3 Å². The van der Waals surface area contributed by atoms with E-state index in [-0.39, 0.29) is 5.41 Å². The van der Waals surface area contributed by atoms with Gasteiger partial charge in [0.1, 0.15) is 0 Å². The van der Waals surface area contributed by atoms with Crippen LogP contribution in [0.4, 0.5) is 0 Å². The minimum Gasteiger partial charge on any atom is -0.315 e. The Balaban J connectivity index is 1.89. The van der Waals surface area contributed by atoms with E-state index in [1.165, 1.54) is 11.3 Å². The van der Waals surface area contributed by atoms with E-state index in [9.17, 15) is 0 Å². The molecule has 0 spiro atoms. The number of hydrogen-bond acceptors (Lipinski definition) is 3. The molecule has 0 unspecified atom stereocenters. The predicted octanol–water partition coefficient (Wildman–Crippen LogP) is 2.23. The topological polar surface area (TPSA) is 24.9 Å². The lowest BCUT2D eigenvalue weighted by Crippen LogP contribution is -2.58. The molecule has 0 radical (unpaired) electrons. The summed E-state index contributed by atoms with van der Waals surface area (Å²) in [6.07, 6.45) is 1.05. The number of aromatic nitrogens is 1. The fraction of sp³-hybridized carbons (Fsp3) is 0.308. The summed E-state index contributed by atoms with van der Waals surface area (Å²) in [4.78, 5) is 4.40. The van der Waals surface area contributed by atoms with E-state index in [4.69, 9.17) is 0 Å². The van der Waals surface area contributed by atoms with Crippen LogP contribution in [0.25, 0.3) is 0 Å². The van der Waals surface area contributed by atoms with Gasteiger partial charge in [-0.25, -0.2) is 4.98 Å². The maximum absolute atomic E-state index is 4.40. The molecule has 0 amide bonds. The lowest BCUT2D eigenvalue weighted by Gasteiger charge is -2.43. The standard InChI is InChI=1S/C13H14N2S/c1-2-4-11(5-3-1)13(8-14-9-13)6-12-7-16-10-15-12/h1-5,7,10,14H,6,8-9H2. The molecular weight excluding hydrogens is 216 g/mol. The van der Waals surface area contributed by atoms with E-state index in [0.717, 1.165) is 19.5 Å². The zero-order valence-corrected chi connectivity index (χ0v) is 9.83. The number of hydrogen-bond donors (Lipinski definition) is 1. The molecule has 0 aliphatic carbocycles. The van der Waals surface area contributed by atoms with Gasteiger partial charge >= 0.3 is 0 Å². The van der Waals surface area contributed by atoms with Gasteiger partial charge < -0.3 is 5.32 Å². The second kappa shape index (κ2) is 4.00. The summed E-state index contributed by atoms with van der Waals surface area (Å²) in [6, 6.07) is 10.8. The minimum atomic E-state index is 0.273. The summed E-state index contributed by atoms with van der Waals surface area (Å²) in [7, 11) is 0. The van der Waals surface area contributed by atoms with Crippen LogP contribution in [0.3, 0.4) is 0 Å². The molecule has 1 fully saturated rings. The van der Waals surface area contributed by atoms with Crippen LogP contribution in [0.5, 0.6) is 0 Å². The molecule has 1 aliphatic heterocycles. The Labute approximate surface area is 99.4 Å². The van der Waals surface area contributed by atoms with Gasteiger partial charge in [0.15, 0.2) is 0 Å². The lowest BCUT2D eigenvalue weighted by atomic mass is 9.72. The molecule has 3 heteroatoms. The molecule has 2 heterocycles. The third kappa shape index (κ3) is 1.66. The first-order valence-corrected chi connectivity index (χ1v) is 6.47. The Morgan fingerprint density at radius 3 is 2.62 bits per heavy atom. The fourth-order valence-corrected chi connectivity index (χ4v) is 2.88. The number of thiazole rings is 1. The fourth-order valence-electron chi connectivity index (χ4n) is 2.32. The Hall–Kier alpha value is -1.19. The van der Waals surface area contributed by atoms with Gasteiger partial charge in [-0.3, -0.25) is 0 Å². The van der Waals surface area contributed by atoms with Crippen molar-refractivity contribution in [2.75, 3.05) is 13.1 Å². The molecule has 0 saturated carbocycles. The summed E-state index contributed by atoms with van der Waals surface area (Å²) < 4.78 is 0. The van der Waals surface area contributed by atoms with Crippen molar-refractivity contribution in [3.05, 3.63) is 52.5 Å². The molecule has 2 aromatic rings. The average molecular weight is 230 g/mol. The number of nitrogens with one attached hydrogen (secondary N) is 1. The Morgan fingerprint density at radius 1 is 1.25 bits per heavy atom. The van der Waals surface area contributed by atoms with Crippen molar-refractivity contribution in [2.24, 2.45) is 0 Å². The van der Waals surface area contributed by atoms with Gasteiger partial charge in [0.25, 0.3) is 0 Å². The SMILES string of the molecule is c1ccc(C2(Cc3cscn3)CNC2)cc1. The highest BCUT2D eigenvalue weighted by Gasteiger charge is 2.38. The van der Waals surface area contributed by atoms with Crippen molar-refractivity contribution in [1.82, 2.24) is 10.3 Å². The van der Waals surface area contributed by atoms with E-state index in [1.54, 1.807) is 11.3 Å². The quantitative estimate of drug-likeness (QED) is 0.874. The van der Waals surface area contributed by atoms with Crippen molar-refractivity contribution < 1.29 is 0 Å². The molecule has 82 valence electrons. The van der Waals surface area contributed by atoms with Crippen molar-refractivity contribution in [3.63, 3.8) is 0 Å². The van der Waals surface area contributed by atoms with Gasteiger partial charge in [-0.1, -0.05) is 30.3 Å². The molecule has 2 nitrogen and oxygen atoms in total. The van der Waals surface area contributed by atoms with Crippen LogP contribution in [-0.4, -0.2) is 18.1 Å². The number of nitrogens with zero attached hydrogens (tertiary/aromatic N) is 1. The zero-order chi connectivity index (χ0) is 10.8. The maximum atomic E-state index is 4.40. The molecule has 0 atom stereocenters. The molecular formula is C13H14N2S. The minimum absolute atomic E-state index is 0.273. The third-order valence-electron chi connectivity index (χ3n) is 3.32. The summed E-state index contributed by atoms with van der Waals surface area (Å²) in [5.74, 6) is 0. The van der Waals surface area contributed by atoms with E-state index < -0.39 is 0 Å². The van der Waals surface area contributed by atoms with Gasteiger partial charge in [-0.15, -0.1) is 11.3 Å². The normalized spacial score (nSPS) is 18.0. The largest absolute Gasteiger partial charge is 0.315 e. The van der Waals surface area contributed by atoms with Crippen LogP contribution in [-0.2, 0) is 11.8 Å². The van der Waals surface area contributed by atoms with Crippen LogP contribution in [0, 0.1) is 0 Å². The van der Waals surface area contributed by atoms with Gasteiger partial charge in [0, 0.05) is 30.3 Å². The monoisotopic (exact) mass is 230 g/mol. The second-order valence-electron chi connectivity index (χ2n) is 4.41. The van der Waals surface area contributed by atoms with Crippen molar-refractivity contribution in [1.29, 1.82) is 0 Å². The summed E-state index contributed by atoms with van der Waals surface area (Å²) in [5.41, 5.74) is 4.84. The van der Waals surface area contributed by atoms with E-state index >= 15 is 0 Å². The number of rotatable bonds is 3. The Bertz CT molecular complexity index is 446. The maximum Gasteiger partial charge on any atom is 0.0794 e. The van der Waals surface area contributed by atoms with Crippen molar-refractivity contribution >= 4 is 11.3 Å². The predicted molar refractivity (Wildman–Crippen MR) is 66.8 cm³/mol. The molecule has 1 saturated heterocycles. The van der Waals surface area contributed by atoms with Crippen LogP contribution in [0.15, 0.2) is 41.2 Å². The molecule has 1 N–H and O–H groups in total. The molecule has 1 aromatic carbocycles. The van der Waals surface area contributed by atoms with Crippen LogP contribution in [0.1, 0.15) is 11.3 Å². The van der Waals surface area contributed by atoms with Crippen molar-refractivity contribution in [2.45, 2.75) is 11.8 Å². The summed E-state index contributed by atoms with van der Waals surface area (Å²) >= 11 is 1.68.